The maximum absolute atomic E-state index is 12.5. The molecule has 0 aliphatic carbocycles. The van der Waals surface area contributed by atoms with E-state index in [4.69, 9.17) is 16.6 Å². The zero-order valence-corrected chi connectivity index (χ0v) is 19.1. The van der Waals surface area contributed by atoms with Crippen LogP contribution in [0.3, 0.4) is 0 Å². The second-order valence-corrected chi connectivity index (χ2v) is 9.42. The standard InChI is InChI=1S/C22H27ClN4OS/c1-13(2)12-27-15(4)19(14(3)26-27)10-20(28)24-11-21-25-22(16(5)29-21)17-6-8-18(23)9-7-17/h6-9,13H,10-12H2,1-5H3,(H,24,28). The highest BCUT2D eigenvalue weighted by atomic mass is 35.5. The van der Waals surface area contributed by atoms with Crippen LogP contribution in [0.2, 0.25) is 5.02 Å². The summed E-state index contributed by atoms with van der Waals surface area (Å²) in [4.78, 5) is 18.4. The zero-order chi connectivity index (χ0) is 21.1. The number of carbonyl (C=O) groups excluding carboxylic acids is 1. The van der Waals surface area contributed by atoms with Gasteiger partial charge in [0.15, 0.2) is 0 Å². The molecule has 0 unspecified atom stereocenters. The van der Waals surface area contributed by atoms with Crippen LogP contribution in [0.1, 0.15) is 40.7 Å². The maximum Gasteiger partial charge on any atom is 0.224 e. The Bertz CT molecular complexity index is 1000. The summed E-state index contributed by atoms with van der Waals surface area (Å²) in [5.41, 5.74) is 4.98. The third-order valence-corrected chi connectivity index (χ3v) is 6.02. The Kier molecular flexibility index (Phi) is 6.75. The van der Waals surface area contributed by atoms with Crippen LogP contribution in [0.4, 0.5) is 0 Å². The number of nitrogens with one attached hydrogen (secondary N) is 1. The fourth-order valence-electron chi connectivity index (χ4n) is 3.31. The van der Waals surface area contributed by atoms with Crippen molar-refractivity contribution in [3.8, 4) is 11.3 Å². The van der Waals surface area contributed by atoms with E-state index in [9.17, 15) is 4.79 Å². The van der Waals surface area contributed by atoms with Crippen molar-refractivity contribution < 1.29 is 4.79 Å². The van der Waals surface area contributed by atoms with E-state index in [-0.39, 0.29) is 5.91 Å². The molecule has 2 heterocycles. The lowest BCUT2D eigenvalue weighted by atomic mass is 10.1. The Morgan fingerprint density at radius 3 is 2.55 bits per heavy atom. The Balaban J connectivity index is 1.64. The van der Waals surface area contributed by atoms with Gasteiger partial charge >= 0.3 is 0 Å². The van der Waals surface area contributed by atoms with Crippen LogP contribution in [-0.4, -0.2) is 20.7 Å². The first-order chi connectivity index (χ1) is 13.7. The smallest absolute Gasteiger partial charge is 0.224 e. The second kappa shape index (κ2) is 9.09. The van der Waals surface area contributed by atoms with E-state index in [0.717, 1.165) is 44.6 Å². The summed E-state index contributed by atoms with van der Waals surface area (Å²) in [6.07, 6.45) is 0.337. The topological polar surface area (TPSA) is 59.8 Å². The van der Waals surface area contributed by atoms with Crippen molar-refractivity contribution >= 4 is 28.8 Å². The molecular weight excluding hydrogens is 404 g/mol. The van der Waals surface area contributed by atoms with Gasteiger partial charge in [0.1, 0.15) is 5.01 Å². The Labute approximate surface area is 181 Å². The van der Waals surface area contributed by atoms with E-state index >= 15 is 0 Å². The van der Waals surface area contributed by atoms with E-state index in [0.29, 0.717) is 23.9 Å². The predicted octanol–water partition coefficient (Wildman–Crippen LogP) is 5.10. The molecule has 7 heteroatoms. The van der Waals surface area contributed by atoms with Gasteiger partial charge in [0, 0.05) is 33.3 Å². The number of carbonyl (C=O) groups is 1. The molecule has 0 bridgehead atoms. The van der Waals surface area contributed by atoms with Gasteiger partial charge in [-0.05, 0) is 38.8 Å². The van der Waals surface area contributed by atoms with Crippen molar-refractivity contribution in [2.75, 3.05) is 0 Å². The molecule has 0 saturated carbocycles. The minimum absolute atomic E-state index is 0.0128. The molecule has 0 spiro atoms. The SMILES string of the molecule is Cc1nn(CC(C)C)c(C)c1CC(=O)NCc1nc(-c2ccc(Cl)cc2)c(C)s1. The highest BCUT2D eigenvalue weighted by Crippen LogP contribution is 2.28. The second-order valence-electron chi connectivity index (χ2n) is 7.70. The minimum Gasteiger partial charge on any atom is -0.349 e. The van der Waals surface area contributed by atoms with Crippen molar-refractivity contribution in [3.63, 3.8) is 0 Å². The maximum atomic E-state index is 12.5. The van der Waals surface area contributed by atoms with Gasteiger partial charge in [-0.25, -0.2) is 4.98 Å². The normalized spacial score (nSPS) is 11.3. The molecule has 0 aliphatic heterocycles. The molecule has 0 saturated heterocycles. The summed E-state index contributed by atoms with van der Waals surface area (Å²) in [5, 5.41) is 9.20. The van der Waals surface area contributed by atoms with Crippen LogP contribution in [0, 0.1) is 26.7 Å². The lowest BCUT2D eigenvalue weighted by Gasteiger charge is -2.08. The molecule has 2 aromatic heterocycles. The number of nitrogens with zero attached hydrogens (tertiary/aromatic N) is 3. The number of benzene rings is 1. The summed E-state index contributed by atoms with van der Waals surface area (Å²) < 4.78 is 2.01. The highest BCUT2D eigenvalue weighted by Gasteiger charge is 2.16. The van der Waals surface area contributed by atoms with E-state index < -0.39 is 0 Å². The van der Waals surface area contributed by atoms with Crippen LogP contribution in [0.25, 0.3) is 11.3 Å². The first-order valence-electron chi connectivity index (χ1n) is 9.76. The number of thiazole rings is 1. The van der Waals surface area contributed by atoms with Gasteiger partial charge in [-0.2, -0.15) is 5.10 Å². The molecule has 0 atom stereocenters. The summed E-state index contributed by atoms with van der Waals surface area (Å²) >= 11 is 7.58. The van der Waals surface area contributed by atoms with E-state index in [2.05, 4.69) is 24.3 Å². The fraction of sp³-hybridized carbons (Fsp3) is 0.409. The quantitative estimate of drug-likeness (QED) is 0.567. The average Bonchev–Trinajstić information content (AvgIpc) is 3.15. The largest absolute Gasteiger partial charge is 0.349 e. The van der Waals surface area contributed by atoms with E-state index in [1.165, 1.54) is 0 Å². The summed E-state index contributed by atoms with van der Waals surface area (Å²) in [6, 6.07) is 7.66. The lowest BCUT2D eigenvalue weighted by molar-refractivity contribution is -0.120. The van der Waals surface area contributed by atoms with Crippen molar-refractivity contribution in [1.29, 1.82) is 0 Å². The Hall–Kier alpha value is -2.18. The zero-order valence-electron chi connectivity index (χ0n) is 17.5. The third kappa shape index (κ3) is 5.25. The molecule has 3 rings (SSSR count). The molecule has 1 amide bonds. The molecule has 0 radical (unpaired) electrons. The summed E-state index contributed by atoms with van der Waals surface area (Å²) in [5.74, 6) is 0.499. The van der Waals surface area contributed by atoms with Gasteiger partial charge in [0.25, 0.3) is 0 Å². The molecule has 5 nitrogen and oxygen atoms in total. The average molecular weight is 431 g/mol. The first-order valence-corrected chi connectivity index (χ1v) is 11.0. The first kappa shape index (κ1) is 21.5. The lowest BCUT2D eigenvalue weighted by Crippen LogP contribution is -2.25. The molecule has 154 valence electrons. The van der Waals surface area contributed by atoms with Crippen molar-refractivity contribution in [3.05, 3.63) is 56.1 Å². The summed E-state index contributed by atoms with van der Waals surface area (Å²) in [6.45, 7) is 11.7. The molecule has 1 aromatic carbocycles. The molecule has 29 heavy (non-hydrogen) atoms. The van der Waals surface area contributed by atoms with Gasteiger partial charge in [0.05, 0.1) is 24.4 Å². The van der Waals surface area contributed by atoms with E-state index in [1.54, 1.807) is 11.3 Å². The number of hydrogen-bond acceptors (Lipinski definition) is 4. The van der Waals surface area contributed by atoms with Gasteiger partial charge in [-0.3, -0.25) is 9.48 Å². The van der Waals surface area contributed by atoms with Crippen LogP contribution in [-0.2, 0) is 24.3 Å². The number of aryl methyl sites for hydroxylation is 2. The molecule has 3 aromatic rings. The number of hydrogen-bond donors (Lipinski definition) is 1. The van der Waals surface area contributed by atoms with Gasteiger partial charge < -0.3 is 5.32 Å². The molecule has 0 fully saturated rings. The van der Waals surface area contributed by atoms with Gasteiger partial charge in [-0.1, -0.05) is 37.6 Å². The highest BCUT2D eigenvalue weighted by molar-refractivity contribution is 7.12. The van der Waals surface area contributed by atoms with Gasteiger partial charge in [0.2, 0.25) is 5.91 Å². The molecular formula is C22H27ClN4OS. The third-order valence-electron chi connectivity index (χ3n) is 4.80. The number of aromatic nitrogens is 3. The van der Waals surface area contributed by atoms with Crippen LogP contribution in [0.5, 0.6) is 0 Å². The fourth-order valence-corrected chi connectivity index (χ4v) is 4.33. The van der Waals surface area contributed by atoms with Crippen LogP contribution in [0.15, 0.2) is 24.3 Å². The van der Waals surface area contributed by atoms with Gasteiger partial charge in [-0.15, -0.1) is 11.3 Å². The summed E-state index contributed by atoms with van der Waals surface area (Å²) in [7, 11) is 0. The Morgan fingerprint density at radius 1 is 1.21 bits per heavy atom. The monoisotopic (exact) mass is 430 g/mol. The Morgan fingerprint density at radius 2 is 1.90 bits per heavy atom. The molecule has 0 aliphatic rings. The number of halogens is 1. The van der Waals surface area contributed by atoms with Crippen molar-refractivity contribution in [2.45, 2.75) is 54.1 Å². The predicted molar refractivity (Wildman–Crippen MR) is 119 cm³/mol. The number of rotatable bonds is 7. The van der Waals surface area contributed by atoms with E-state index in [1.807, 2.05) is 49.7 Å². The van der Waals surface area contributed by atoms with Crippen molar-refractivity contribution in [1.82, 2.24) is 20.1 Å². The van der Waals surface area contributed by atoms with Crippen LogP contribution < -0.4 is 5.32 Å². The van der Waals surface area contributed by atoms with Crippen molar-refractivity contribution in [2.24, 2.45) is 5.92 Å². The number of amides is 1. The minimum atomic E-state index is -0.0128. The molecule has 1 N–H and O–H groups in total. The van der Waals surface area contributed by atoms with Crippen LogP contribution >= 0.6 is 22.9 Å².